The summed E-state index contributed by atoms with van der Waals surface area (Å²) in [5.74, 6) is 0.925. The van der Waals surface area contributed by atoms with E-state index in [1.54, 1.807) is 7.05 Å². The van der Waals surface area contributed by atoms with Crippen LogP contribution in [0.1, 0.15) is 18.1 Å². The molecule has 5 rings (SSSR count). The van der Waals surface area contributed by atoms with Crippen LogP contribution in [0.15, 0.2) is 64.2 Å². The van der Waals surface area contributed by atoms with Crippen LogP contribution in [0.4, 0.5) is 11.6 Å². The molecule has 0 spiro atoms. The zero-order valence-electron chi connectivity index (χ0n) is 19.4. The second kappa shape index (κ2) is 8.65. The number of imidazole rings is 1. The van der Waals surface area contributed by atoms with Gasteiger partial charge in [0.25, 0.3) is 5.56 Å². The largest absolute Gasteiger partial charge is 0.332 e. The number of rotatable bonds is 4. The predicted molar refractivity (Wildman–Crippen MR) is 137 cm³/mol. The molecule has 4 aromatic rings. The van der Waals surface area contributed by atoms with Crippen LogP contribution in [0.25, 0.3) is 17.2 Å². The maximum absolute atomic E-state index is 13.6. The third-order valence-corrected chi connectivity index (χ3v) is 6.54. The van der Waals surface area contributed by atoms with Gasteiger partial charge in [0.05, 0.1) is 0 Å². The minimum atomic E-state index is -0.385. The van der Waals surface area contributed by atoms with Gasteiger partial charge in [-0.25, -0.2) is 4.79 Å². The number of anilines is 2. The number of nitrogens with zero attached hydrogens (tertiary/aromatic N) is 5. The molecule has 0 saturated heterocycles. The van der Waals surface area contributed by atoms with E-state index in [1.165, 1.54) is 9.13 Å². The molecule has 34 heavy (non-hydrogen) atoms. The van der Waals surface area contributed by atoms with Gasteiger partial charge in [-0.3, -0.25) is 13.9 Å². The van der Waals surface area contributed by atoms with Gasteiger partial charge in [0.2, 0.25) is 5.95 Å². The molecule has 0 N–H and O–H groups in total. The lowest BCUT2D eigenvalue weighted by Gasteiger charge is -2.33. The molecule has 2 aromatic heterocycles. The highest BCUT2D eigenvalue weighted by atomic mass is 35.5. The van der Waals surface area contributed by atoms with Gasteiger partial charge in [-0.1, -0.05) is 67.1 Å². The van der Waals surface area contributed by atoms with E-state index in [4.69, 9.17) is 16.6 Å². The molecule has 1 aliphatic heterocycles. The molecule has 0 radical (unpaired) electrons. The summed E-state index contributed by atoms with van der Waals surface area (Å²) in [5.41, 5.74) is 3.15. The fourth-order valence-corrected chi connectivity index (χ4v) is 4.77. The highest BCUT2D eigenvalue weighted by Gasteiger charge is 2.30. The zero-order chi connectivity index (χ0) is 24.0. The Morgan fingerprint density at radius 1 is 1.12 bits per heavy atom. The fraction of sp³-hybridized carbons (Fsp3) is 0.269. The number of benzene rings is 2. The number of halogens is 1. The Balaban J connectivity index is 1.65. The number of fused-ring (bicyclic) bond motifs is 3. The van der Waals surface area contributed by atoms with Crippen LogP contribution in [0, 0.1) is 12.8 Å². The standard InChI is InChI=1S/C26H26ClN5O2/c1-17-15-31(21-14-20(27)12-11-18(21)2)25-28-23-22(32(25)16-17)24(33)30(26(34)29(23)3)13-7-10-19-8-5-4-6-9-19/h4-12,14,17H,13,15-16H2,1-3H3. The van der Waals surface area contributed by atoms with Crippen molar-refractivity contribution in [3.05, 3.63) is 91.6 Å². The lowest BCUT2D eigenvalue weighted by molar-refractivity contribution is 0.457. The molecule has 0 bridgehead atoms. The molecule has 1 atom stereocenters. The molecular formula is C26H26ClN5O2. The first-order valence-corrected chi connectivity index (χ1v) is 11.7. The SMILES string of the molecule is Cc1ccc(Cl)cc1N1CC(C)Cn2c1nc1c2c(=O)n(CC=Cc2ccccc2)c(=O)n1C. The molecule has 0 fully saturated rings. The van der Waals surface area contributed by atoms with Crippen LogP contribution in [0.2, 0.25) is 5.02 Å². The van der Waals surface area contributed by atoms with E-state index in [1.807, 2.05) is 72.2 Å². The summed E-state index contributed by atoms with van der Waals surface area (Å²) in [6.07, 6.45) is 3.75. The van der Waals surface area contributed by atoms with Crippen molar-refractivity contribution in [1.29, 1.82) is 0 Å². The summed E-state index contributed by atoms with van der Waals surface area (Å²) < 4.78 is 4.68. The first-order valence-electron chi connectivity index (χ1n) is 11.3. The average molecular weight is 476 g/mol. The maximum atomic E-state index is 13.6. The van der Waals surface area contributed by atoms with Crippen LogP contribution >= 0.6 is 11.6 Å². The summed E-state index contributed by atoms with van der Waals surface area (Å²) in [5, 5.41) is 0.640. The van der Waals surface area contributed by atoms with Crippen LogP contribution in [-0.2, 0) is 20.1 Å². The summed E-state index contributed by atoms with van der Waals surface area (Å²) in [6, 6.07) is 15.6. The Morgan fingerprint density at radius 2 is 1.88 bits per heavy atom. The second-order valence-electron chi connectivity index (χ2n) is 8.91. The average Bonchev–Trinajstić information content (AvgIpc) is 3.21. The van der Waals surface area contributed by atoms with E-state index in [9.17, 15) is 9.59 Å². The van der Waals surface area contributed by atoms with Crippen molar-refractivity contribution in [3.63, 3.8) is 0 Å². The fourth-order valence-electron chi connectivity index (χ4n) is 4.60. The normalized spacial score (nSPS) is 15.9. The Morgan fingerprint density at radius 3 is 2.65 bits per heavy atom. The lowest BCUT2D eigenvalue weighted by Crippen LogP contribution is -2.40. The molecule has 0 amide bonds. The van der Waals surface area contributed by atoms with Crippen molar-refractivity contribution >= 4 is 40.5 Å². The van der Waals surface area contributed by atoms with E-state index >= 15 is 0 Å². The molecule has 0 aliphatic carbocycles. The number of aromatic nitrogens is 4. The highest BCUT2D eigenvalue weighted by molar-refractivity contribution is 6.30. The van der Waals surface area contributed by atoms with Gasteiger partial charge in [-0.05, 0) is 36.1 Å². The van der Waals surface area contributed by atoms with Crippen LogP contribution in [-0.4, -0.2) is 25.2 Å². The molecular weight excluding hydrogens is 450 g/mol. The highest BCUT2D eigenvalue weighted by Crippen LogP contribution is 2.35. The van der Waals surface area contributed by atoms with Gasteiger partial charge < -0.3 is 9.47 Å². The summed E-state index contributed by atoms with van der Waals surface area (Å²) in [7, 11) is 1.67. The third-order valence-electron chi connectivity index (χ3n) is 6.30. The summed E-state index contributed by atoms with van der Waals surface area (Å²) in [4.78, 5) is 33.5. The molecule has 7 nitrogen and oxygen atoms in total. The molecule has 1 aliphatic rings. The summed E-state index contributed by atoms with van der Waals surface area (Å²) in [6.45, 7) is 5.75. The van der Waals surface area contributed by atoms with Crippen molar-refractivity contribution < 1.29 is 0 Å². The number of aryl methyl sites for hydroxylation is 2. The number of hydrogen-bond acceptors (Lipinski definition) is 4. The smallest absolute Gasteiger partial charge is 0.311 e. The molecule has 1 unspecified atom stereocenters. The van der Waals surface area contributed by atoms with Gasteiger partial charge in [-0.15, -0.1) is 0 Å². The Kier molecular flexibility index (Phi) is 5.65. The monoisotopic (exact) mass is 475 g/mol. The first kappa shape index (κ1) is 22.2. The molecule has 174 valence electrons. The molecule has 0 saturated carbocycles. The van der Waals surface area contributed by atoms with E-state index in [0.717, 1.165) is 23.4 Å². The van der Waals surface area contributed by atoms with Crippen LogP contribution in [0.5, 0.6) is 0 Å². The Hall–Kier alpha value is -3.58. The van der Waals surface area contributed by atoms with Gasteiger partial charge in [0.1, 0.15) is 0 Å². The molecule has 2 aromatic carbocycles. The number of allylic oxidation sites excluding steroid dienone is 1. The van der Waals surface area contributed by atoms with E-state index < -0.39 is 0 Å². The van der Waals surface area contributed by atoms with Gasteiger partial charge in [0.15, 0.2) is 11.2 Å². The minimum absolute atomic E-state index is 0.184. The van der Waals surface area contributed by atoms with Crippen molar-refractivity contribution in [2.45, 2.75) is 26.9 Å². The number of hydrogen-bond donors (Lipinski definition) is 0. The minimum Gasteiger partial charge on any atom is -0.311 e. The van der Waals surface area contributed by atoms with Crippen molar-refractivity contribution in [3.8, 4) is 0 Å². The van der Waals surface area contributed by atoms with Crippen molar-refractivity contribution in [1.82, 2.24) is 18.7 Å². The Labute approximate surface area is 202 Å². The van der Waals surface area contributed by atoms with Crippen molar-refractivity contribution in [2.24, 2.45) is 13.0 Å². The topological polar surface area (TPSA) is 65.1 Å². The van der Waals surface area contributed by atoms with Crippen LogP contribution in [0.3, 0.4) is 0 Å². The second-order valence-corrected chi connectivity index (χ2v) is 9.35. The molecule has 8 heteroatoms. The van der Waals surface area contributed by atoms with Gasteiger partial charge in [0, 0.05) is 37.4 Å². The van der Waals surface area contributed by atoms with Gasteiger partial charge in [-0.2, -0.15) is 4.98 Å². The predicted octanol–water partition coefficient (Wildman–Crippen LogP) is 4.36. The third kappa shape index (κ3) is 3.76. The Bertz CT molecular complexity index is 1530. The van der Waals surface area contributed by atoms with Gasteiger partial charge >= 0.3 is 5.69 Å². The van der Waals surface area contributed by atoms with E-state index in [-0.39, 0.29) is 23.7 Å². The van der Waals surface area contributed by atoms with E-state index in [2.05, 4.69) is 11.8 Å². The first-order chi connectivity index (χ1) is 16.3. The quantitative estimate of drug-likeness (QED) is 0.440. The summed E-state index contributed by atoms with van der Waals surface area (Å²) >= 11 is 6.30. The van der Waals surface area contributed by atoms with Crippen LogP contribution < -0.4 is 16.1 Å². The zero-order valence-corrected chi connectivity index (χ0v) is 20.2. The van der Waals surface area contributed by atoms with Crippen molar-refractivity contribution in [2.75, 3.05) is 11.4 Å². The molecule has 3 heterocycles. The maximum Gasteiger partial charge on any atom is 0.332 e. The van der Waals surface area contributed by atoms with E-state index in [0.29, 0.717) is 28.7 Å². The lowest BCUT2D eigenvalue weighted by atomic mass is 10.1.